The Morgan fingerprint density at radius 2 is 1.88 bits per heavy atom. The van der Waals surface area contributed by atoms with Gasteiger partial charge in [0.1, 0.15) is 0 Å². The third-order valence-electron chi connectivity index (χ3n) is 4.18. The minimum absolute atomic E-state index is 0. The predicted molar refractivity (Wildman–Crippen MR) is 116 cm³/mol. The molecular weight excluding hydrogens is 425 g/mol. The van der Waals surface area contributed by atoms with E-state index < -0.39 is 0 Å². The molecule has 1 atom stereocenters. The van der Waals surface area contributed by atoms with Crippen LogP contribution in [0.15, 0.2) is 35.3 Å². The zero-order chi connectivity index (χ0) is 17.5. The summed E-state index contributed by atoms with van der Waals surface area (Å²) < 4.78 is 2.00. The number of aromatic nitrogens is 2. The summed E-state index contributed by atoms with van der Waals surface area (Å²) >= 11 is 0. The van der Waals surface area contributed by atoms with Gasteiger partial charge < -0.3 is 10.6 Å². The molecule has 0 aliphatic carbocycles. The average molecular weight is 455 g/mol. The van der Waals surface area contributed by atoms with Crippen LogP contribution in [-0.2, 0) is 6.54 Å². The van der Waals surface area contributed by atoms with Gasteiger partial charge in [-0.05, 0) is 46.2 Å². The summed E-state index contributed by atoms with van der Waals surface area (Å²) in [7, 11) is 0. The number of para-hydroxylation sites is 1. The van der Waals surface area contributed by atoms with Gasteiger partial charge in [0.15, 0.2) is 5.96 Å². The van der Waals surface area contributed by atoms with Crippen molar-refractivity contribution in [2.45, 2.75) is 53.6 Å². The number of nitrogens with zero attached hydrogens (tertiary/aromatic N) is 3. The first-order valence-corrected chi connectivity index (χ1v) is 8.72. The summed E-state index contributed by atoms with van der Waals surface area (Å²) in [5, 5.41) is 11.4. The molecule has 25 heavy (non-hydrogen) atoms. The summed E-state index contributed by atoms with van der Waals surface area (Å²) in [5.74, 6) is 0.859. The zero-order valence-electron chi connectivity index (χ0n) is 15.8. The Morgan fingerprint density at radius 3 is 2.48 bits per heavy atom. The molecule has 0 saturated heterocycles. The molecule has 0 bridgehead atoms. The summed E-state index contributed by atoms with van der Waals surface area (Å²) in [4.78, 5) is 4.74. The van der Waals surface area contributed by atoms with E-state index in [0.717, 1.165) is 36.0 Å². The Bertz CT molecular complexity index is 679. The minimum Gasteiger partial charge on any atom is -0.357 e. The first kappa shape index (κ1) is 21.5. The van der Waals surface area contributed by atoms with Crippen LogP contribution in [0.1, 0.15) is 44.1 Å². The maximum atomic E-state index is 4.74. The third kappa shape index (κ3) is 5.73. The summed E-state index contributed by atoms with van der Waals surface area (Å²) in [6.07, 6.45) is 1.06. The number of aliphatic imine (C=N–C) groups is 1. The fraction of sp³-hybridized carbons (Fsp3) is 0.474. The van der Waals surface area contributed by atoms with Gasteiger partial charge >= 0.3 is 0 Å². The van der Waals surface area contributed by atoms with Crippen molar-refractivity contribution < 1.29 is 0 Å². The topological polar surface area (TPSA) is 54.2 Å². The largest absolute Gasteiger partial charge is 0.357 e. The number of nitrogens with one attached hydrogen (secondary N) is 2. The second-order valence-corrected chi connectivity index (χ2v) is 6.05. The van der Waals surface area contributed by atoms with Gasteiger partial charge in [0.25, 0.3) is 0 Å². The number of aryl methyl sites for hydroxylation is 1. The smallest absolute Gasteiger partial charge is 0.191 e. The Balaban J connectivity index is 0.00000312. The molecule has 2 aromatic rings. The third-order valence-corrected chi connectivity index (χ3v) is 4.18. The highest BCUT2D eigenvalue weighted by Gasteiger charge is 2.12. The molecule has 0 radical (unpaired) electrons. The van der Waals surface area contributed by atoms with E-state index in [1.165, 1.54) is 5.56 Å². The van der Waals surface area contributed by atoms with E-state index in [1.807, 2.05) is 29.8 Å². The lowest BCUT2D eigenvalue weighted by Crippen LogP contribution is -2.41. The molecule has 138 valence electrons. The van der Waals surface area contributed by atoms with Crippen molar-refractivity contribution in [2.75, 3.05) is 6.54 Å². The van der Waals surface area contributed by atoms with E-state index in [0.29, 0.717) is 12.6 Å². The van der Waals surface area contributed by atoms with Crippen LogP contribution in [0.25, 0.3) is 5.69 Å². The van der Waals surface area contributed by atoms with Crippen molar-refractivity contribution in [3.63, 3.8) is 0 Å². The van der Waals surface area contributed by atoms with Crippen LogP contribution >= 0.6 is 24.0 Å². The van der Waals surface area contributed by atoms with Gasteiger partial charge in [-0.15, -0.1) is 24.0 Å². The van der Waals surface area contributed by atoms with Crippen molar-refractivity contribution in [1.29, 1.82) is 0 Å². The van der Waals surface area contributed by atoms with Gasteiger partial charge in [-0.25, -0.2) is 9.67 Å². The zero-order valence-corrected chi connectivity index (χ0v) is 18.2. The molecule has 0 spiro atoms. The van der Waals surface area contributed by atoms with Crippen LogP contribution < -0.4 is 10.6 Å². The van der Waals surface area contributed by atoms with E-state index >= 15 is 0 Å². The second kappa shape index (κ2) is 10.4. The van der Waals surface area contributed by atoms with Crippen molar-refractivity contribution in [3.8, 4) is 5.69 Å². The molecule has 1 aromatic heterocycles. The molecule has 5 nitrogen and oxygen atoms in total. The van der Waals surface area contributed by atoms with Crippen molar-refractivity contribution in [3.05, 3.63) is 47.3 Å². The monoisotopic (exact) mass is 455 g/mol. The average Bonchev–Trinajstić information content (AvgIpc) is 2.88. The maximum Gasteiger partial charge on any atom is 0.191 e. The van der Waals surface area contributed by atoms with E-state index in [2.05, 4.69) is 55.6 Å². The summed E-state index contributed by atoms with van der Waals surface area (Å²) in [6, 6.07) is 10.6. The van der Waals surface area contributed by atoms with Crippen LogP contribution in [0.5, 0.6) is 0 Å². The number of guanidine groups is 1. The quantitative estimate of drug-likeness (QED) is 0.394. The molecule has 1 aromatic carbocycles. The number of halogens is 1. The highest BCUT2D eigenvalue weighted by molar-refractivity contribution is 14.0. The van der Waals surface area contributed by atoms with Crippen LogP contribution in [-0.4, -0.2) is 28.3 Å². The molecule has 0 fully saturated rings. The molecular formula is C19H30IN5. The predicted octanol–water partition coefficient (Wildman–Crippen LogP) is 3.96. The lowest BCUT2D eigenvalue weighted by atomic mass is 10.2. The van der Waals surface area contributed by atoms with E-state index in [9.17, 15) is 0 Å². The Labute approximate surface area is 168 Å². The van der Waals surface area contributed by atoms with Crippen LogP contribution in [0.3, 0.4) is 0 Å². The van der Waals surface area contributed by atoms with Crippen LogP contribution in [0.2, 0.25) is 0 Å². The van der Waals surface area contributed by atoms with E-state index in [1.54, 1.807) is 0 Å². The Kier molecular flexibility index (Phi) is 8.96. The molecule has 0 saturated carbocycles. The lowest BCUT2D eigenvalue weighted by Gasteiger charge is -2.16. The summed E-state index contributed by atoms with van der Waals surface area (Å²) in [5.41, 5.74) is 4.43. The molecule has 1 heterocycles. The molecule has 1 unspecified atom stereocenters. The van der Waals surface area contributed by atoms with Gasteiger partial charge in [-0.2, -0.15) is 5.10 Å². The number of rotatable bonds is 6. The lowest BCUT2D eigenvalue weighted by molar-refractivity contribution is 0.624. The Hall–Kier alpha value is -1.57. The molecule has 6 heteroatoms. The molecule has 0 amide bonds. The molecule has 0 aliphatic rings. The van der Waals surface area contributed by atoms with Crippen LogP contribution in [0, 0.1) is 13.8 Å². The fourth-order valence-corrected chi connectivity index (χ4v) is 2.54. The molecule has 0 aliphatic heterocycles. The minimum atomic E-state index is 0. The van der Waals surface area contributed by atoms with Crippen molar-refractivity contribution in [2.24, 2.45) is 4.99 Å². The fourth-order valence-electron chi connectivity index (χ4n) is 2.54. The maximum absolute atomic E-state index is 4.74. The normalized spacial score (nSPS) is 12.4. The van der Waals surface area contributed by atoms with Crippen LogP contribution in [0.4, 0.5) is 0 Å². The Morgan fingerprint density at radius 1 is 1.20 bits per heavy atom. The SMILES string of the molecule is CCNC(=NCc1c(C)nn(-c2ccccc2)c1C)NC(C)CC.I. The highest BCUT2D eigenvalue weighted by atomic mass is 127. The summed E-state index contributed by atoms with van der Waals surface area (Å²) in [6.45, 7) is 12.0. The van der Waals surface area contributed by atoms with Gasteiger partial charge in [0.2, 0.25) is 0 Å². The van der Waals surface area contributed by atoms with Gasteiger partial charge in [0.05, 0.1) is 17.9 Å². The van der Waals surface area contributed by atoms with Gasteiger partial charge in [-0.1, -0.05) is 25.1 Å². The highest BCUT2D eigenvalue weighted by Crippen LogP contribution is 2.18. The molecule has 2 N–H and O–H groups in total. The van der Waals surface area contributed by atoms with Crippen molar-refractivity contribution in [1.82, 2.24) is 20.4 Å². The van der Waals surface area contributed by atoms with E-state index in [4.69, 9.17) is 4.99 Å². The van der Waals surface area contributed by atoms with Crippen molar-refractivity contribution >= 4 is 29.9 Å². The molecule has 2 rings (SSSR count). The first-order valence-electron chi connectivity index (χ1n) is 8.72. The van der Waals surface area contributed by atoms with Gasteiger partial charge in [-0.3, -0.25) is 0 Å². The van der Waals surface area contributed by atoms with Gasteiger partial charge in [0, 0.05) is 23.8 Å². The first-order chi connectivity index (χ1) is 11.6. The number of hydrogen-bond acceptors (Lipinski definition) is 2. The number of benzene rings is 1. The standard InChI is InChI=1S/C19H29N5.HI/c1-6-14(3)22-19(20-7-2)21-13-18-15(4)23-24(16(18)5)17-11-9-8-10-12-17;/h8-12,14H,6-7,13H2,1-5H3,(H2,20,21,22);1H. The number of hydrogen-bond donors (Lipinski definition) is 2. The second-order valence-electron chi connectivity index (χ2n) is 6.05. The van der Waals surface area contributed by atoms with E-state index in [-0.39, 0.29) is 24.0 Å².